The van der Waals surface area contributed by atoms with E-state index >= 15 is 0 Å². The second-order valence-corrected chi connectivity index (χ2v) is 4.38. The molecule has 1 aromatic rings. The van der Waals surface area contributed by atoms with Gasteiger partial charge < -0.3 is 0 Å². The molecule has 0 spiro atoms. The fourth-order valence-corrected chi connectivity index (χ4v) is 1.75. The molecule has 2 aliphatic rings. The van der Waals surface area contributed by atoms with Crippen LogP contribution in [-0.2, 0) is 0 Å². The largest absolute Gasteiger partial charge is 0.294 e. The SMILES string of the molecule is O=C(c1ccc(C2CC2)nc1)C1CC1. The Balaban J connectivity index is 1.81. The van der Waals surface area contributed by atoms with Crippen LogP contribution in [0.5, 0.6) is 0 Å². The molecular weight excluding hydrogens is 174 g/mol. The van der Waals surface area contributed by atoms with Crippen molar-refractivity contribution in [3.63, 3.8) is 0 Å². The van der Waals surface area contributed by atoms with E-state index in [1.165, 1.54) is 12.8 Å². The number of hydrogen-bond donors (Lipinski definition) is 0. The van der Waals surface area contributed by atoms with Crippen LogP contribution in [0.3, 0.4) is 0 Å². The Kier molecular flexibility index (Phi) is 1.69. The summed E-state index contributed by atoms with van der Waals surface area (Å²) in [7, 11) is 0. The number of Topliss-reactive ketones (excluding diaryl/α,β-unsaturated/α-hetero) is 1. The highest BCUT2D eigenvalue weighted by atomic mass is 16.1. The maximum atomic E-state index is 11.7. The Morgan fingerprint density at radius 3 is 2.50 bits per heavy atom. The lowest BCUT2D eigenvalue weighted by atomic mass is 10.1. The highest BCUT2D eigenvalue weighted by Gasteiger charge is 2.31. The van der Waals surface area contributed by atoms with Gasteiger partial charge in [-0.15, -0.1) is 0 Å². The minimum absolute atomic E-state index is 0.292. The van der Waals surface area contributed by atoms with E-state index in [1.54, 1.807) is 6.20 Å². The van der Waals surface area contributed by atoms with Crippen molar-refractivity contribution in [3.8, 4) is 0 Å². The number of hydrogen-bond acceptors (Lipinski definition) is 2. The molecule has 0 saturated heterocycles. The minimum atomic E-state index is 0.292. The standard InChI is InChI=1S/C12H13NO/c14-12(9-3-4-9)10-5-6-11(13-7-10)8-1-2-8/h5-9H,1-4H2. The van der Waals surface area contributed by atoms with Crippen molar-refractivity contribution in [2.45, 2.75) is 31.6 Å². The number of aromatic nitrogens is 1. The van der Waals surface area contributed by atoms with Gasteiger partial charge in [-0.3, -0.25) is 9.78 Å². The summed E-state index contributed by atoms with van der Waals surface area (Å²) in [4.78, 5) is 16.0. The van der Waals surface area contributed by atoms with Crippen molar-refractivity contribution in [1.29, 1.82) is 0 Å². The zero-order chi connectivity index (χ0) is 9.54. The molecule has 0 N–H and O–H groups in total. The smallest absolute Gasteiger partial charge is 0.167 e. The van der Waals surface area contributed by atoms with Gasteiger partial charge in [0, 0.05) is 29.3 Å². The predicted octanol–water partition coefficient (Wildman–Crippen LogP) is 2.55. The van der Waals surface area contributed by atoms with Gasteiger partial charge >= 0.3 is 0 Å². The Bertz CT molecular complexity index is 360. The van der Waals surface area contributed by atoms with Crippen LogP contribution >= 0.6 is 0 Å². The first-order chi connectivity index (χ1) is 6.84. The normalized spacial score (nSPS) is 20.9. The van der Waals surface area contributed by atoms with E-state index in [0.717, 1.165) is 24.1 Å². The van der Waals surface area contributed by atoms with Crippen molar-refractivity contribution in [2.75, 3.05) is 0 Å². The molecule has 1 heterocycles. The molecule has 2 nitrogen and oxygen atoms in total. The lowest BCUT2D eigenvalue weighted by Crippen LogP contribution is -2.02. The van der Waals surface area contributed by atoms with Gasteiger partial charge in [0.05, 0.1) is 0 Å². The number of pyridine rings is 1. The van der Waals surface area contributed by atoms with E-state index in [0.29, 0.717) is 17.6 Å². The summed E-state index contributed by atoms with van der Waals surface area (Å²) in [5, 5.41) is 0. The maximum absolute atomic E-state index is 11.7. The van der Waals surface area contributed by atoms with Crippen molar-refractivity contribution in [3.05, 3.63) is 29.6 Å². The van der Waals surface area contributed by atoms with Crippen LogP contribution in [0.2, 0.25) is 0 Å². The summed E-state index contributed by atoms with van der Waals surface area (Å²) in [5.41, 5.74) is 1.97. The third-order valence-corrected chi connectivity index (χ3v) is 3.01. The Morgan fingerprint density at radius 1 is 1.21 bits per heavy atom. The molecule has 14 heavy (non-hydrogen) atoms. The Labute approximate surface area is 83.4 Å². The monoisotopic (exact) mass is 187 g/mol. The molecule has 0 bridgehead atoms. The summed E-state index contributed by atoms with van der Waals surface area (Å²) in [5.74, 6) is 1.28. The van der Waals surface area contributed by atoms with Crippen molar-refractivity contribution in [2.24, 2.45) is 5.92 Å². The van der Waals surface area contributed by atoms with Gasteiger partial charge in [0.25, 0.3) is 0 Å². The van der Waals surface area contributed by atoms with Crippen molar-refractivity contribution < 1.29 is 4.79 Å². The van der Waals surface area contributed by atoms with Crippen molar-refractivity contribution >= 4 is 5.78 Å². The van der Waals surface area contributed by atoms with Crippen LogP contribution in [0.4, 0.5) is 0 Å². The fourth-order valence-electron chi connectivity index (χ4n) is 1.75. The number of rotatable bonds is 3. The number of carbonyl (C=O) groups excluding carboxylic acids is 1. The maximum Gasteiger partial charge on any atom is 0.167 e. The highest BCUT2D eigenvalue weighted by molar-refractivity contribution is 5.98. The van der Waals surface area contributed by atoms with Crippen LogP contribution in [-0.4, -0.2) is 10.8 Å². The topological polar surface area (TPSA) is 30.0 Å². The zero-order valence-corrected chi connectivity index (χ0v) is 8.07. The van der Waals surface area contributed by atoms with Gasteiger partial charge in [0.2, 0.25) is 0 Å². The summed E-state index contributed by atoms with van der Waals surface area (Å²) in [6.45, 7) is 0. The molecule has 0 aliphatic heterocycles. The third-order valence-electron chi connectivity index (χ3n) is 3.01. The molecule has 2 saturated carbocycles. The average molecular weight is 187 g/mol. The number of nitrogens with zero attached hydrogens (tertiary/aromatic N) is 1. The molecular formula is C12H13NO. The first-order valence-electron chi connectivity index (χ1n) is 5.35. The molecule has 2 heteroatoms. The number of carbonyl (C=O) groups is 1. The van der Waals surface area contributed by atoms with E-state index in [9.17, 15) is 4.79 Å². The van der Waals surface area contributed by atoms with E-state index < -0.39 is 0 Å². The van der Waals surface area contributed by atoms with Crippen LogP contribution in [0.15, 0.2) is 18.3 Å². The molecule has 72 valence electrons. The van der Waals surface area contributed by atoms with Crippen LogP contribution in [0.1, 0.15) is 47.7 Å². The summed E-state index contributed by atoms with van der Waals surface area (Å²) >= 11 is 0. The highest BCUT2D eigenvalue weighted by Crippen LogP contribution is 2.39. The third kappa shape index (κ3) is 1.45. The predicted molar refractivity (Wildman–Crippen MR) is 53.3 cm³/mol. The van der Waals surface area contributed by atoms with E-state index in [1.807, 2.05) is 12.1 Å². The van der Waals surface area contributed by atoms with Gasteiger partial charge in [-0.1, -0.05) is 0 Å². The van der Waals surface area contributed by atoms with Gasteiger partial charge in [-0.05, 0) is 37.8 Å². The Hall–Kier alpha value is -1.18. The molecule has 3 rings (SSSR count). The van der Waals surface area contributed by atoms with Crippen LogP contribution in [0.25, 0.3) is 0 Å². The van der Waals surface area contributed by atoms with E-state index in [4.69, 9.17) is 0 Å². The summed E-state index contributed by atoms with van der Waals surface area (Å²) < 4.78 is 0. The molecule has 0 aromatic carbocycles. The minimum Gasteiger partial charge on any atom is -0.294 e. The second-order valence-electron chi connectivity index (χ2n) is 4.38. The quantitative estimate of drug-likeness (QED) is 0.681. The second kappa shape index (κ2) is 2.91. The van der Waals surface area contributed by atoms with Gasteiger partial charge in [-0.2, -0.15) is 0 Å². The fraction of sp³-hybridized carbons (Fsp3) is 0.500. The summed E-state index contributed by atoms with van der Waals surface area (Å²) in [6, 6.07) is 3.97. The lowest BCUT2D eigenvalue weighted by Gasteiger charge is -2.00. The Morgan fingerprint density at radius 2 is 2.00 bits per heavy atom. The first kappa shape index (κ1) is 8.16. The van der Waals surface area contributed by atoms with Crippen LogP contribution in [0, 0.1) is 5.92 Å². The molecule has 0 unspecified atom stereocenters. The molecule has 2 fully saturated rings. The molecule has 0 atom stereocenters. The van der Waals surface area contributed by atoms with Gasteiger partial charge in [-0.25, -0.2) is 0 Å². The van der Waals surface area contributed by atoms with E-state index in [-0.39, 0.29) is 0 Å². The number of ketones is 1. The molecule has 0 amide bonds. The lowest BCUT2D eigenvalue weighted by molar-refractivity contribution is 0.0967. The van der Waals surface area contributed by atoms with Crippen LogP contribution < -0.4 is 0 Å². The molecule has 1 aromatic heterocycles. The van der Waals surface area contributed by atoms with Crippen molar-refractivity contribution in [1.82, 2.24) is 4.98 Å². The van der Waals surface area contributed by atoms with E-state index in [2.05, 4.69) is 4.98 Å². The molecule has 0 radical (unpaired) electrons. The zero-order valence-electron chi connectivity index (χ0n) is 8.07. The molecule has 2 aliphatic carbocycles. The summed E-state index contributed by atoms with van der Waals surface area (Å²) in [6.07, 6.45) is 6.44. The van der Waals surface area contributed by atoms with Gasteiger partial charge in [0.1, 0.15) is 0 Å². The first-order valence-corrected chi connectivity index (χ1v) is 5.35. The van der Waals surface area contributed by atoms with Gasteiger partial charge in [0.15, 0.2) is 5.78 Å². The average Bonchev–Trinajstić information content (AvgIpc) is 3.05.